The number of amides is 3. The Labute approximate surface area is 139 Å². The molecule has 2 heterocycles. The van der Waals surface area contributed by atoms with E-state index < -0.39 is 17.4 Å². The van der Waals surface area contributed by atoms with E-state index in [1.165, 1.54) is 6.92 Å². The lowest BCUT2D eigenvalue weighted by Crippen LogP contribution is -2.60. The summed E-state index contributed by atoms with van der Waals surface area (Å²) in [7, 11) is 0. The summed E-state index contributed by atoms with van der Waals surface area (Å²) in [6.45, 7) is 3.16. The standard InChI is InChI=1S/C16H19N3O5/c1-16(15(22)18-11-4-2-3-5-12(11)24-16)14(21)17-10-13(20)19-6-8-23-9-7-19/h2-5H,6-10H2,1H3,(H,17,21)(H,18,22)/t16-/m0/s1. The summed E-state index contributed by atoms with van der Waals surface area (Å²) in [6.07, 6.45) is 0. The fraction of sp³-hybridized carbons (Fsp3) is 0.438. The Morgan fingerprint density at radius 2 is 2.00 bits per heavy atom. The molecule has 0 aliphatic carbocycles. The van der Waals surface area contributed by atoms with Crippen molar-refractivity contribution in [3.8, 4) is 5.75 Å². The van der Waals surface area contributed by atoms with Crippen LogP contribution in [0.4, 0.5) is 5.69 Å². The molecule has 2 aliphatic heterocycles. The Bertz CT molecular complexity index is 671. The van der Waals surface area contributed by atoms with E-state index in [4.69, 9.17) is 9.47 Å². The largest absolute Gasteiger partial charge is 0.466 e. The lowest BCUT2D eigenvalue weighted by molar-refractivity contribution is -0.148. The van der Waals surface area contributed by atoms with Gasteiger partial charge in [0.1, 0.15) is 5.75 Å². The van der Waals surface area contributed by atoms with Crippen LogP contribution in [0.15, 0.2) is 24.3 Å². The number of anilines is 1. The molecule has 1 saturated heterocycles. The van der Waals surface area contributed by atoms with Gasteiger partial charge < -0.3 is 25.0 Å². The van der Waals surface area contributed by atoms with Gasteiger partial charge in [0, 0.05) is 13.1 Å². The maximum Gasteiger partial charge on any atom is 0.278 e. The van der Waals surface area contributed by atoms with E-state index in [0.29, 0.717) is 37.7 Å². The molecule has 3 amide bonds. The third-order valence-corrected chi connectivity index (χ3v) is 4.08. The first-order valence-corrected chi connectivity index (χ1v) is 7.74. The van der Waals surface area contributed by atoms with Crippen molar-refractivity contribution in [2.75, 3.05) is 38.2 Å². The number of rotatable bonds is 3. The second kappa shape index (κ2) is 6.48. The second-order valence-electron chi connectivity index (χ2n) is 5.76. The molecular weight excluding hydrogens is 314 g/mol. The van der Waals surface area contributed by atoms with E-state index >= 15 is 0 Å². The number of nitrogens with zero attached hydrogens (tertiary/aromatic N) is 1. The van der Waals surface area contributed by atoms with Crippen LogP contribution in [0.2, 0.25) is 0 Å². The first kappa shape index (κ1) is 16.3. The maximum absolute atomic E-state index is 12.4. The highest BCUT2D eigenvalue weighted by Crippen LogP contribution is 2.33. The van der Waals surface area contributed by atoms with Crippen molar-refractivity contribution in [3.63, 3.8) is 0 Å². The summed E-state index contributed by atoms with van der Waals surface area (Å²) in [6, 6.07) is 6.86. The number of ether oxygens (including phenoxy) is 2. The Morgan fingerprint density at radius 3 is 2.75 bits per heavy atom. The molecule has 1 atom stereocenters. The molecule has 1 aromatic rings. The number of benzene rings is 1. The minimum Gasteiger partial charge on any atom is -0.466 e. The molecule has 0 bridgehead atoms. The number of morpholine rings is 1. The molecule has 3 rings (SSSR count). The van der Waals surface area contributed by atoms with Crippen LogP contribution in [0.3, 0.4) is 0 Å². The molecular formula is C16H19N3O5. The van der Waals surface area contributed by atoms with E-state index in [-0.39, 0.29) is 12.5 Å². The number of fused-ring (bicyclic) bond motifs is 1. The van der Waals surface area contributed by atoms with Gasteiger partial charge >= 0.3 is 0 Å². The van der Waals surface area contributed by atoms with Gasteiger partial charge in [-0.1, -0.05) is 12.1 Å². The topological polar surface area (TPSA) is 97.0 Å². The molecule has 24 heavy (non-hydrogen) atoms. The summed E-state index contributed by atoms with van der Waals surface area (Å²) >= 11 is 0. The van der Waals surface area contributed by atoms with Gasteiger partial charge in [-0.25, -0.2) is 0 Å². The molecule has 2 aliphatic rings. The highest BCUT2D eigenvalue weighted by molar-refractivity contribution is 6.15. The minimum atomic E-state index is -1.72. The van der Waals surface area contributed by atoms with Gasteiger partial charge in [0.15, 0.2) is 0 Å². The quantitative estimate of drug-likeness (QED) is 0.744. The number of carbonyl (C=O) groups is 3. The smallest absolute Gasteiger partial charge is 0.278 e. The highest BCUT2D eigenvalue weighted by Gasteiger charge is 2.47. The van der Waals surface area contributed by atoms with Gasteiger partial charge in [-0.3, -0.25) is 14.4 Å². The third-order valence-electron chi connectivity index (χ3n) is 4.08. The van der Waals surface area contributed by atoms with Crippen LogP contribution < -0.4 is 15.4 Å². The fourth-order valence-electron chi connectivity index (χ4n) is 2.57. The number of para-hydroxylation sites is 2. The van der Waals surface area contributed by atoms with Crippen molar-refractivity contribution in [1.82, 2.24) is 10.2 Å². The van der Waals surface area contributed by atoms with Gasteiger partial charge in [-0.2, -0.15) is 0 Å². The molecule has 8 nitrogen and oxygen atoms in total. The van der Waals surface area contributed by atoms with Gasteiger partial charge in [-0.05, 0) is 19.1 Å². The predicted molar refractivity (Wildman–Crippen MR) is 84.5 cm³/mol. The summed E-state index contributed by atoms with van der Waals surface area (Å²) in [4.78, 5) is 38.4. The van der Waals surface area contributed by atoms with Crippen LogP contribution in [0, 0.1) is 0 Å². The van der Waals surface area contributed by atoms with Crippen LogP contribution in [0.1, 0.15) is 6.92 Å². The van der Waals surface area contributed by atoms with E-state index in [1.54, 1.807) is 29.2 Å². The zero-order valence-electron chi connectivity index (χ0n) is 13.3. The summed E-state index contributed by atoms with van der Waals surface area (Å²) in [5.74, 6) is -1.03. The van der Waals surface area contributed by atoms with Crippen molar-refractivity contribution >= 4 is 23.4 Å². The Morgan fingerprint density at radius 1 is 1.29 bits per heavy atom. The number of hydrogen-bond donors (Lipinski definition) is 2. The fourth-order valence-corrected chi connectivity index (χ4v) is 2.57. The Balaban J connectivity index is 1.63. The number of nitrogens with one attached hydrogen (secondary N) is 2. The van der Waals surface area contributed by atoms with Gasteiger partial charge in [0.05, 0.1) is 25.4 Å². The van der Waals surface area contributed by atoms with Crippen molar-refractivity contribution in [2.45, 2.75) is 12.5 Å². The van der Waals surface area contributed by atoms with Crippen molar-refractivity contribution in [1.29, 1.82) is 0 Å². The molecule has 0 spiro atoms. The number of carbonyl (C=O) groups excluding carboxylic acids is 3. The predicted octanol–water partition coefficient (Wildman–Crippen LogP) is -0.249. The van der Waals surface area contributed by atoms with E-state index in [1.807, 2.05) is 0 Å². The third kappa shape index (κ3) is 3.05. The summed E-state index contributed by atoms with van der Waals surface area (Å²) in [5.41, 5.74) is -1.21. The normalized spacial score (nSPS) is 22.9. The Hall–Kier alpha value is -2.61. The van der Waals surface area contributed by atoms with E-state index in [9.17, 15) is 14.4 Å². The lowest BCUT2D eigenvalue weighted by atomic mass is 10.0. The average Bonchev–Trinajstić information content (AvgIpc) is 2.61. The van der Waals surface area contributed by atoms with Crippen LogP contribution in [0.25, 0.3) is 0 Å². The van der Waals surface area contributed by atoms with Crippen molar-refractivity contribution < 1.29 is 23.9 Å². The second-order valence-corrected chi connectivity index (χ2v) is 5.76. The molecule has 0 aromatic heterocycles. The summed E-state index contributed by atoms with van der Waals surface area (Å²) in [5, 5.41) is 5.14. The monoisotopic (exact) mass is 333 g/mol. The van der Waals surface area contributed by atoms with Crippen molar-refractivity contribution in [3.05, 3.63) is 24.3 Å². The molecule has 8 heteroatoms. The van der Waals surface area contributed by atoms with Gasteiger partial charge in [0.25, 0.3) is 17.4 Å². The van der Waals surface area contributed by atoms with Crippen LogP contribution in [-0.4, -0.2) is 61.1 Å². The molecule has 1 aromatic carbocycles. The lowest BCUT2D eigenvalue weighted by Gasteiger charge is -2.33. The molecule has 2 N–H and O–H groups in total. The highest BCUT2D eigenvalue weighted by atomic mass is 16.5. The SMILES string of the molecule is C[C@@]1(C(=O)NCC(=O)N2CCOCC2)Oc2ccccc2NC1=O. The average molecular weight is 333 g/mol. The maximum atomic E-state index is 12.4. The zero-order valence-corrected chi connectivity index (χ0v) is 13.3. The first-order valence-electron chi connectivity index (χ1n) is 7.74. The molecule has 0 unspecified atom stereocenters. The molecule has 0 saturated carbocycles. The molecule has 0 radical (unpaired) electrons. The van der Waals surface area contributed by atoms with Crippen LogP contribution in [0.5, 0.6) is 5.75 Å². The summed E-state index contributed by atoms with van der Waals surface area (Å²) < 4.78 is 10.8. The van der Waals surface area contributed by atoms with E-state index in [2.05, 4.69) is 10.6 Å². The molecule has 1 fully saturated rings. The van der Waals surface area contributed by atoms with Crippen molar-refractivity contribution in [2.24, 2.45) is 0 Å². The van der Waals surface area contributed by atoms with Gasteiger partial charge in [-0.15, -0.1) is 0 Å². The van der Waals surface area contributed by atoms with Crippen LogP contribution >= 0.6 is 0 Å². The number of hydrogen-bond acceptors (Lipinski definition) is 5. The Kier molecular flexibility index (Phi) is 4.39. The van der Waals surface area contributed by atoms with Crippen LogP contribution in [-0.2, 0) is 19.1 Å². The van der Waals surface area contributed by atoms with Gasteiger partial charge in [0.2, 0.25) is 5.91 Å². The molecule has 128 valence electrons. The first-order chi connectivity index (χ1) is 11.5. The zero-order chi connectivity index (χ0) is 17.2. The van der Waals surface area contributed by atoms with E-state index in [0.717, 1.165) is 0 Å². The minimum absolute atomic E-state index is 0.188.